The molecule has 1 saturated carbocycles. The lowest BCUT2D eigenvalue weighted by Crippen LogP contribution is -2.37. The Hall–Kier alpha value is -1.89. The van der Waals surface area contributed by atoms with Crippen LogP contribution in [0, 0.1) is 10.1 Å². The molecule has 2 rings (SSSR count). The smallest absolute Gasteiger partial charge is 0.287 e. The Balaban J connectivity index is 2.22. The predicted octanol–water partition coefficient (Wildman–Crippen LogP) is 1.23. The van der Waals surface area contributed by atoms with Crippen molar-refractivity contribution >= 4 is 11.6 Å². The highest BCUT2D eigenvalue weighted by molar-refractivity contribution is 5.93. The fourth-order valence-electron chi connectivity index (χ4n) is 1.94. The van der Waals surface area contributed by atoms with E-state index in [4.69, 9.17) is 5.11 Å². The molecule has 104 valence electrons. The Kier molecular flexibility index (Phi) is 3.84. The molecule has 1 atom stereocenters. The zero-order valence-corrected chi connectivity index (χ0v) is 10.7. The summed E-state index contributed by atoms with van der Waals surface area (Å²) >= 11 is 0. The van der Waals surface area contributed by atoms with Gasteiger partial charge in [0.25, 0.3) is 11.6 Å². The average molecular weight is 267 g/mol. The number of carbonyl (C=O) groups is 1. The highest BCUT2D eigenvalue weighted by atomic mass is 16.6. The van der Waals surface area contributed by atoms with E-state index in [-0.39, 0.29) is 30.3 Å². The number of aliphatic hydroxyl groups is 1. The lowest BCUT2D eigenvalue weighted by molar-refractivity contribution is -0.384. The van der Waals surface area contributed by atoms with Crippen LogP contribution in [0.5, 0.6) is 0 Å². The van der Waals surface area contributed by atoms with E-state index in [0.29, 0.717) is 12.1 Å². The van der Waals surface area contributed by atoms with Crippen LogP contribution in [0.15, 0.2) is 12.3 Å². The van der Waals surface area contributed by atoms with Gasteiger partial charge in [-0.25, -0.2) is 0 Å². The summed E-state index contributed by atoms with van der Waals surface area (Å²) in [5.74, 6) is -0.374. The molecule has 1 fully saturated rings. The Morgan fingerprint density at radius 1 is 1.68 bits per heavy atom. The number of nitrogens with one attached hydrogen (secondary N) is 1. The molecule has 1 aromatic heterocycles. The van der Waals surface area contributed by atoms with Crippen LogP contribution in [0.3, 0.4) is 0 Å². The van der Waals surface area contributed by atoms with Crippen LogP contribution in [0.2, 0.25) is 0 Å². The number of hydrogen-bond donors (Lipinski definition) is 2. The molecule has 1 aliphatic rings. The fourth-order valence-corrected chi connectivity index (χ4v) is 1.94. The first kappa shape index (κ1) is 13.5. The van der Waals surface area contributed by atoms with Crippen LogP contribution in [0.1, 0.15) is 42.7 Å². The van der Waals surface area contributed by atoms with Gasteiger partial charge in [0.05, 0.1) is 23.8 Å². The van der Waals surface area contributed by atoms with Crippen LogP contribution >= 0.6 is 0 Å². The molecule has 0 aliphatic heterocycles. The van der Waals surface area contributed by atoms with E-state index in [1.165, 1.54) is 12.3 Å². The molecule has 0 aromatic carbocycles. The van der Waals surface area contributed by atoms with Crippen molar-refractivity contribution in [1.29, 1.82) is 0 Å². The van der Waals surface area contributed by atoms with Crippen LogP contribution < -0.4 is 5.32 Å². The molecule has 1 aliphatic carbocycles. The summed E-state index contributed by atoms with van der Waals surface area (Å²) in [5.41, 5.74) is 0.218. The highest BCUT2D eigenvalue weighted by Gasteiger charge is 2.30. The third-order valence-corrected chi connectivity index (χ3v) is 3.27. The van der Waals surface area contributed by atoms with Crippen molar-refractivity contribution in [3.05, 3.63) is 28.1 Å². The maximum absolute atomic E-state index is 12.1. The molecule has 2 N–H and O–H groups in total. The lowest BCUT2D eigenvalue weighted by Gasteiger charge is -2.14. The SMILES string of the molecule is CC[C@H](CO)NC(=O)c1cc([N+](=O)[O-])cn1C1CC1. The van der Waals surface area contributed by atoms with Crippen LogP contribution in [0.25, 0.3) is 0 Å². The van der Waals surface area contributed by atoms with Gasteiger partial charge in [-0.2, -0.15) is 0 Å². The van der Waals surface area contributed by atoms with E-state index < -0.39 is 4.92 Å². The quantitative estimate of drug-likeness (QED) is 0.598. The first-order chi connectivity index (χ1) is 9.06. The molecular formula is C12H17N3O4. The van der Waals surface area contributed by atoms with Gasteiger partial charge in [-0.3, -0.25) is 14.9 Å². The van der Waals surface area contributed by atoms with E-state index in [2.05, 4.69) is 5.32 Å². The van der Waals surface area contributed by atoms with E-state index in [1.54, 1.807) is 4.57 Å². The van der Waals surface area contributed by atoms with Crippen LogP contribution in [-0.4, -0.2) is 33.2 Å². The maximum Gasteiger partial charge on any atom is 0.287 e. The third-order valence-electron chi connectivity index (χ3n) is 3.27. The van der Waals surface area contributed by atoms with E-state index in [1.807, 2.05) is 6.92 Å². The number of carbonyl (C=O) groups excluding carboxylic acids is 1. The molecule has 19 heavy (non-hydrogen) atoms. The van der Waals surface area contributed by atoms with Gasteiger partial charge in [-0.1, -0.05) is 6.92 Å². The average Bonchev–Trinajstić information content (AvgIpc) is 3.13. The highest BCUT2D eigenvalue weighted by Crippen LogP contribution is 2.37. The first-order valence-corrected chi connectivity index (χ1v) is 6.34. The van der Waals surface area contributed by atoms with Crippen molar-refractivity contribution in [3.63, 3.8) is 0 Å². The zero-order chi connectivity index (χ0) is 14.0. The Morgan fingerprint density at radius 3 is 2.84 bits per heavy atom. The van der Waals surface area contributed by atoms with Gasteiger partial charge in [-0.05, 0) is 19.3 Å². The maximum atomic E-state index is 12.1. The summed E-state index contributed by atoms with van der Waals surface area (Å²) in [4.78, 5) is 22.4. The van der Waals surface area contributed by atoms with Crippen molar-refractivity contribution in [2.24, 2.45) is 0 Å². The Labute approximate surface area is 110 Å². The zero-order valence-electron chi connectivity index (χ0n) is 10.7. The molecule has 0 radical (unpaired) electrons. The summed E-state index contributed by atoms with van der Waals surface area (Å²) in [6.45, 7) is 1.71. The molecule has 1 amide bonds. The summed E-state index contributed by atoms with van der Waals surface area (Å²) in [7, 11) is 0. The van der Waals surface area contributed by atoms with Gasteiger partial charge in [-0.15, -0.1) is 0 Å². The lowest BCUT2D eigenvalue weighted by atomic mass is 10.2. The molecule has 0 saturated heterocycles. The van der Waals surface area contributed by atoms with E-state index >= 15 is 0 Å². The predicted molar refractivity (Wildman–Crippen MR) is 68.0 cm³/mol. The number of hydrogen-bond acceptors (Lipinski definition) is 4. The molecule has 0 unspecified atom stereocenters. The first-order valence-electron chi connectivity index (χ1n) is 6.34. The fraction of sp³-hybridized carbons (Fsp3) is 0.583. The Morgan fingerprint density at radius 2 is 2.37 bits per heavy atom. The van der Waals surface area contributed by atoms with Gasteiger partial charge in [0, 0.05) is 12.1 Å². The number of amides is 1. The minimum Gasteiger partial charge on any atom is -0.394 e. The minimum atomic E-state index is -0.501. The molecule has 1 heterocycles. The van der Waals surface area contributed by atoms with Crippen molar-refractivity contribution in [1.82, 2.24) is 9.88 Å². The minimum absolute atomic E-state index is 0.0749. The number of aromatic nitrogens is 1. The van der Waals surface area contributed by atoms with Gasteiger partial charge >= 0.3 is 0 Å². The van der Waals surface area contributed by atoms with Crippen LogP contribution in [0.4, 0.5) is 5.69 Å². The topological polar surface area (TPSA) is 97.4 Å². The van der Waals surface area contributed by atoms with E-state index in [0.717, 1.165) is 12.8 Å². The summed E-state index contributed by atoms with van der Waals surface area (Å²) in [6, 6.07) is 1.15. The number of nitrogens with zero attached hydrogens (tertiary/aromatic N) is 2. The normalized spacial score (nSPS) is 16.1. The van der Waals surface area contributed by atoms with Crippen molar-refractivity contribution in [3.8, 4) is 0 Å². The van der Waals surface area contributed by atoms with Crippen molar-refractivity contribution < 1.29 is 14.8 Å². The third kappa shape index (κ3) is 2.93. The Bertz CT molecular complexity index is 489. The molecule has 0 bridgehead atoms. The summed E-state index contributed by atoms with van der Waals surface area (Å²) in [5, 5.41) is 22.5. The van der Waals surface area contributed by atoms with Gasteiger partial charge < -0.3 is 15.0 Å². The monoisotopic (exact) mass is 267 g/mol. The van der Waals surface area contributed by atoms with Crippen molar-refractivity contribution in [2.75, 3.05) is 6.61 Å². The molecule has 0 spiro atoms. The number of rotatable bonds is 6. The molecule has 1 aromatic rings. The number of aliphatic hydroxyl groups excluding tert-OH is 1. The molecular weight excluding hydrogens is 250 g/mol. The second-order valence-corrected chi connectivity index (χ2v) is 4.74. The van der Waals surface area contributed by atoms with E-state index in [9.17, 15) is 14.9 Å². The molecule has 7 heteroatoms. The summed E-state index contributed by atoms with van der Waals surface area (Å²) in [6.07, 6.45) is 3.88. The molecule has 7 nitrogen and oxygen atoms in total. The second kappa shape index (κ2) is 5.40. The van der Waals surface area contributed by atoms with Crippen LogP contribution in [-0.2, 0) is 0 Å². The number of nitro groups is 1. The van der Waals surface area contributed by atoms with Crippen molar-refractivity contribution in [2.45, 2.75) is 38.3 Å². The largest absolute Gasteiger partial charge is 0.394 e. The van der Waals surface area contributed by atoms with Gasteiger partial charge in [0.15, 0.2) is 0 Å². The second-order valence-electron chi connectivity index (χ2n) is 4.74. The van der Waals surface area contributed by atoms with Gasteiger partial charge in [0.1, 0.15) is 5.69 Å². The standard InChI is InChI=1S/C12H17N3O4/c1-2-8(7-16)13-12(17)11-5-10(15(18)19)6-14(11)9-3-4-9/h5-6,8-9,16H,2-4,7H2,1H3,(H,13,17)/t8-/m1/s1. The summed E-state index contributed by atoms with van der Waals surface area (Å²) < 4.78 is 1.66. The van der Waals surface area contributed by atoms with Gasteiger partial charge in [0.2, 0.25) is 0 Å².